The molecular formula is C19H32N2O2. The number of piperidine rings is 1. The summed E-state index contributed by atoms with van der Waals surface area (Å²) in [5.41, 5.74) is 1.37. The second kappa shape index (κ2) is 7.75. The molecule has 23 heavy (non-hydrogen) atoms. The summed E-state index contributed by atoms with van der Waals surface area (Å²) in [5.74, 6) is 0. The fourth-order valence-electron chi connectivity index (χ4n) is 3.72. The summed E-state index contributed by atoms with van der Waals surface area (Å²) in [5, 5.41) is 17.3. The van der Waals surface area contributed by atoms with Crippen molar-refractivity contribution in [1.82, 2.24) is 10.6 Å². The van der Waals surface area contributed by atoms with Crippen LogP contribution < -0.4 is 10.6 Å². The first-order chi connectivity index (χ1) is 10.8. The first-order valence-electron chi connectivity index (χ1n) is 8.58. The number of hydrogen-bond acceptors (Lipinski definition) is 4. The summed E-state index contributed by atoms with van der Waals surface area (Å²) < 4.78 is 5.60. The number of benzene rings is 1. The number of aliphatic hydroxyl groups is 1. The second-order valence-electron chi connectivity index (χ2n) is 8.06. The Morgan fingerprint density at radius 1 is 1.17 bits per heavy atom. The van der Waals surface area contributed by atoms with Crippen LogP contribution in [0.15, 0.2) is 30.3 Å². The average Bonchev–Trinajstić information content (AvgIpc) is 2.43. The van der Waals surface area contributed by atoms with Crippen molar-refractivity contribution in [3.05, 3.63) is 35.9 Å². The number of rotatable bonds is 7. The number of hydrogen-bond donors (Lipinski definition) is 3. The molecule has 1 heterocycles. The monoisotopic (exact) mass is 320 g/mol. The zero-order valence-corrected chi connectivity index (χ0v) is 14.9. The molecule has 4 heteroatoms. The molecule has 130 valence electrons. The Labute approximate surface area is 140 Å². The van der Waals surface area contributed by atoms with Crippen LogP contribution in [0.3, 0.4) is 0 Å². The van der Waals surface area contributed by atoms with Crippen molar-refractivity contribution in [2.45, 2.75) is 70.4 Å². The quantitative estimate of drug-likeness (QED) is 0.722. The third kappa shape index (κ3) is 6.60. The van der Waals surface area contributed by atoms with Crippen LogP contribution in [0.2, 0.25) is 0 Å². The van der Waals surface area contributed by atoms with Crippen LogP contribution in [0.4, 0.5) is 0 Å². The predicted molar refractivity (Wildman–Crippen MR) is 94.4 cm³/mol. The van der Waals surface area contributed by atoms with Crippen LogP contribution in [-0.2, 0) is 11.3 Å². The molecule has 3 N–H and O–H groups in total. The normalized spacial score (nSPS) is 22.0. The highest BCUT2D eigenvalue weighted by atomic mass is 16.5. The van der Waals surface area contributed by atoms with Crippen molar-refractivity contribution in [3.8, 4) is 0 Å². The first kappa shape index (κ1) is 18.4. The molecule has 1 aliphatic rings. The third-order valence-electron chi connectivity index (χ3n) is 4.25. The van der Waals surface area contributed by atoms with E-state index in [-0.39, 0.29) is 11.1 Å². The van der Waals surface area contributed by atoms with Crippen molar-refractivity contribution in [1.29, 1.82) is 0 Å². The molecule has 1 aromatic rings. The van der Waals surface area contributed by atoms with E-state index in [9.17, 15) is 5.11 Å². The molecule has 1 aromatic carbocycles. The molecule has 1 atom stereocenters. The minimum atomic E-state index is -0.472. The van der Waals surface area contributed by atoms with Gasteiger partial charge in [0.2, 0.25) is 0 Å². The minimum Gasteiger partial charge on any atom is -0.389 e. The van der Waals surface area contributed by atoms with Crippen molar-refractivity contribution >= 4 is 0 Å². The van der Waals surface area contributed by atoms with E-state index < -0.39 is 6.10 Å². The lowest BCUT2D eigenvalue weighted by molar-refractivity contribution is 0.0248. The Hall–Kier alpha value is -0.940. The van der Waals surface area contributed by atoms with E-state index in [1.807, 2.05) is 30.3 Å². The van der Waals surface area contributed by atoms with Gasteiger partial charge in [-0.05, 0) is 46.1 Å². The van der Waals surface area contributed by atoms with Gasteiger partial charge < -0.3 is 20.5 Å². The van der Waals surface area contributed by atoms with E-state index in [1.54, 1.807) is 0 Å². The van der Waals surface area contributed by atoms with E-state index >= 15 is 0 Å². The summed E-state index contributed by atoms with van der Waals surface area (Å²) in [6, 6.07) is 10.5. The van der Waals surface area contributed by atoms with Gasteiger partial charge in [-0.3, -0.25) is 0 Å². The standard InChI is InChI=1S/C19H32N2O2/c1-18(2)10-16(11-19(3,4)21-18)20-12-17(22)14-23-13-15-8-6-5-7-9-15/h5-9,16-17,20-22H,10-14H2,1-4H3/t17-/m0/s1. The van der Waals surface area contributed by atoms with Crippen LogP contribution in [0.1, 0.15) is 46.1 Å². The van der Waals surface area contributed by atoms with Gasteiger partial charge in [-0.15, -0.1) is 0 Å². The molecule has 1 fully saturated rings. The lowest BCUT2D eigenvalue weighted by Gasteiger charge is -2.47. The Morgan fingerprint density at radius 2 is 1.78 bits per heavy atom. The van der Waals surface area contributed by atoms with E-state index in [4.69, 9.17) is 4.74 Å². The summed E-state index contributed by atoms with van der Waals surface area (Å²) in [4.78, 5) is 0. The molecule has 4 nitrogen and oxygen atoms in total. The Bertz CT molecular complexity index is 458. The van der Waals surface area contributed by atoms with Crippen molar-refractivity contribution in [2.24, 2.45) is 0 Å². The van der Waals surface area contributed by atoms with Gasteiger partial charge in [-0.1, -0.05) is 30.3 Å². The highest BCUT2D eigenvalue weighted by Crippen LogP contribution is 2.28. The Kier molecular flexibility index (Phi) is 6.20. The highest BCUT2D eigenvalue weighted by Gasteiger charge is 2.37. The van der Waals surface area contributed by atoms with Crippen molar-refractivity contribution in [3.63, 3.8) is 0 Å². The SMILES string of the molecule is CC1(C)CC(NC[C@H](O)COCc2ccccc2)CC(C)(C)N1. The summed E-state index contributed by atoms with van der Waals surface area (Å²) in [6.45, 7) is 10.4. The van der Waals surface area contributed by atoms with Gasteiger partial charge in [0, 0.05) is 23.7 Å². The molecule has 0 unspecified atom stereocenters. The lowest BCUT2D eigenvalue weighted by Crippen LogP contribution is -2.62. The fraction of sp³-hybridized carbons (Fsp3) is 0.684. The van der Waals surface area contributed by atoms with Crippen LogP contribution in [-0.4, -0.2) is 41.5 Å². The zero-order valence-electron chi connectivity index (χ0n) is 14.9. The molecule has 1 saturated heterocycles. The maximum atomic E-state index is 10.1. The number of nitrogens with one attached hydrogen (secondary N) is 2. The summed E-state index contributed by atoms with van der Waals surface area (Å²) >= 11 is 0. The van der Waals surface area contributed by atoms with E-state index in [2.05, 4.69) is 38.3 Å². The molecule has 0 bridgehead atoms. The third-order valence-corrected chi connectivity index (χ3v) is 4.25. The van der Waals surface area contributed by atoms with Gasteiger partial charge in [-0.2, -0.15) is 0 Å². The van der Waals surface area contributed by atoms with Gasteiger partial charge in [0.15, 0.2) is 0 Å². The van der Waals surface area contributed by atoms with E-state index in [0.29, 0.717) is 25.8 Å². The maximum Gasteiger partial charge on any atom is 0.0897 e. The largest absolute Gasteiger partial charge is 0.389 e. The molecule has 0 radical (unpaired) electrons. The zero-order chi connectivity index (χ0) is 16.9. The molecule has 0 amide bonds. The molecule has 0 aromatic heterocycles. The number of ether oxygens (including phenoxy) is 1. The fourth-order valence-corrected chi connectivity index (χ4v) is 3.72. The number of aliphatic hydroxyl groups excluding tert-OH is 1. The first-order valence-corrected chi connectivity index (χ1v) is 8.58. The van der Waals surface area contributed by atoms with Crippen molar-refractivity contribution in [2.75, 3.05) is 13.2 Å². The van der Waals surface area contributed by atoms with Gasteiger partial charge in [0.05, 0.1) is 19.3 Å². The molecule has 0 spiro atoms. The van der Waals surface area contributed by atoms with Gasteiger partial charge >= 0.3 is 0 Å². The molecule has 2 rings (SSSR count). The Balaban J connectivity index is 1.68. The Morgan fingerprint density at radius 3 is 2.39 bits per heavy atom. The highest BCUT2D eigenvalue weighted by molar-refractivity contribution is 5.13. The maximum absolute atomic E-state index is 10.1. The van der Waals surface area contributed by atoms with Gasteiger partial charge in [0.1, 0.15) is 0 Å². The van der Waals surface area contributed by atoms with Crippen LogP contribution in [0, 0.1) is 0 Å². The van der Waals surface area contributed by atoms with Crippen LogP contribution in [0.5, 0.6) is 0 Å². The smallest absolute Gasteiger partial charge is 0.0897 e. The van der Waals surface area contributed by atoms with Crippen LogP contribution in [0.25, 0.3) is 0 Å². The van der Waals surface area contributed by atoms with E-state index in [1.165, 1.54) is 0 Å². The molecule has 0 aliphatic carbocycles. The van der Waals surface area contributed by atoms with Crippen molar-refractivity contribution < 1.29 is 9.84 Å². The van der Waals surface area contributed by atoms with E-state index in [0.717, 1.165) is 18.4 Å². The predicted octanol–water partition coefficient (Wildman–Crippen LogP) is 2.46. The summed E-state index contributed by atoms with van der Waals surface area (Å²) in [6.07, 6.45) is 1.65. The molecular weight excluding hydrogens is 288 g/mol. The molecule has 0 saturated carbocycles. The average molecular weight is 320 g/mol. The topological polar surface area (TPSA) is 53.5 Å². The van der Waals surface area contributed by atoms with Gasteiger partial charge in [-0.25, -0.2) is 0 Å². The van der Waals surface area contributed by atoms with Gasteiger partial charge in [0.25, 0.3) is 0 Å². The second-order valence-corrected chi connectivity index (χ2v) is 8.06. The van der Waals surface area contributed by atoms with Crippen LogP contribution >= 0.6 is 0 Å². The minimum absolute atomic E-state index is 0.119. The summed E-state index contributed by atoms with van der Waals surface area (Å²) in [7, 11) is 0. The molecule has 1 aliphatic heterocycles. The lowest BCUT2D eigenvalue weighted by atomic mass is 9.79.